The second-order valence-corrected chi connectivity index (χ2v) is 3.82. The van der Waals surface area contributed by atoms with Crippen LogP contribution in [0.1, 0.15) is 6.92 Å². The molecule has 0 aliphatic carbocycles. The van der Waals surface area contributed by atoms with Crippen LogP contribution in [0.15, 0.2) is 0 Å². The molecule has 71 valence electrons. The fourth-order valence-electron chi connectivity index (χ4n) is 0.582. The fourth-order valence-corrected chi connectivity index (χ4v) is 1.11. The Bertz CT molecular complexity index is 224. The van der Waals surface area contributed by atoms with Crippen LogP contribution in [0.5, 0.6) is 0 Å². The van der Waals surface area contributed by atoms with Crippen molar-refractivity contribution in [2.75, 3.05) is 19.3 Å². The molecule has 0 saturated carbocycles. The predicted octanol–water partition coefficient (Wildman–Crippen LogP) is -0.950. The van der Waals surface area contributed by atoms with E-state index in [4.69, 9.17) is 0 Å². The molecule has 0 saturated heterocycles. The van der Waals surface area contributed by atoms with Crippen molar-refractivity contribution in [3.8, 4) is 0 Å². The van der Waals surface area contributed by atoms with Crippen LogP contribution >= 0.6 is 0 Å². The minimum atomic E-state index is -3.57. The SMILES string of the molecule is CCNCC([C]=O)OS(C)(=O)=O. The van der Waals surface area contributed by atoms with E-state index in [1.165, 1.54) is 6.29 Å². The van der Waals surface area contributed by atoms with E-state index in [0.717, 1.165) is 6.26 Å². The first kappa shape index (κ1) is 11.5. The third-order valence-electron chi connectivity index (χ3n) is 1.00. The van der Waals surface area contributed by atoms with Gasteiger partial charge in [-0.15, -0.1) is 0 Å². The summed E-state index contributed by atoms with van der Waals surface area (Å²) >= 11 is 0. The Balaban J connectivity index is 3.92. The highest BCUT2D eigenvalue weighted by atomic mass is 32.2. The lowest BCUT2D eigenvalue weighted by Crippen LogP contribution is -2.31. The zero-order valence-electron chi connectivity index (χ0n) is 7.03. The van der Waals surface area contributed by atoms with E-state index in [1.807, 2.05) is 6.92 Å². The zero-order chi connectivity index (χ0) is 9.61. The van der Waals surface area contributed by atoms with Gasteiger partial charge >= 0.3 is 0 Å². The molecule has 1 radical (unpaired) electrons. The molecule has 0 rings (SSSR count). The summed E-state index contributed by atoms with van der Waals surface area (Å²) in [4.78, 5) is 10.1. The van der Waals surface area contributed by atoms with Crippen LogP contribution < -0.4 is 5.32 Å². The van der Waals surface area contributed by atoms with E-state index < -0.39 is 16.2 Å². The van der Waals surface area contributed by atoms with E-state index in [0.29, 0.717) is 6.54 Å². The van der Waals surface area contributed by atoms with Gasteiger partial charge in [0, 0.05) is 6.54 Å². The second-order valence-electron chi connectivity index (χ2n) is 2.21. The summed E-state index contributed by atoms with van der Waals surface area (Å²) in [5.74, 6) is 0. The van der Waals surface area contributed by atoms with E-state index in [9.17, 15) is 13.2 Å². The lowest BCUT2D eigenvalue weighted by molar-refractivity contribution is 0.263. The highest BCUT2D eigenvalue weighted by Crippen LogP contribution is 1.93. The Morgan fingerprint density at radius 3 is 2.50 bits per heavy atom. The van der Waals surface area contributed by atoms with E-state index >= 15 is 0 Å². The number of likely N-dealkylation sites (N-methyl/N-ethyl adjacent to an activating group) is 1. The molecule has 6 heteroatoms. The zero-order valence-corrected chi connectivity index (χ0v) is 7.85. The molecule has 0 bridgehead atoms. The molecule has 0 aromatic carbocycles. The lowest BCUT2D eigenvalue weighted by atomic mass is 10.4. The van der Waals surface area contributed by atoms with E-state index in [1.54, 1.807) is 0 Å². The normalized spacial score (nSPS) is 14.2. The molecule has 0 aliphatic rings. The molecule has 0 heterocycles. The molecular weight excluding hydrogens is 182 g/mol. The summed E-state index contributed by atoms with van der Waals surface area (Å²) in [7, 11) is -3.57. The molecular formula is C6H12NO4S. The van der Waals surface area contributed by atoms with Gasteiger partial charge in [-0.3, -0.25) is 8.98 Å². The van der Waals surface area contributed by atoms with Crippen molar-refractivity contribution in [1.29, 1.82) is 0 Å². The van der Waals surface area contributed by atoms with Gasteiger partial charge in [-0.2, -0.15) is 8.42 Å². The topological polar surface area (TPSA) is 72.5 Å². The predicted molar refractivity (Wildman–Crippen MR) is 44.0 cm³/mol. The fraction of sp³-hybridized carbons (Fsp3) is 0.833. The van der Waals surface area contributed by atoms with Crippen molar-refractivity contribution in [3.63, 3.8) is 0 Å². The minimum absolute atomic E-state index is 0.160. The third-order valence-corrected chi connectivity index (χ3v) is 1.58. The van der Waals surface area contributed by atoms with E-state index in [-0.39, 0.29) is 6.54 Å². The average molecular weight is 194 g/mol. The van der Waals surface area contributed by atoms with Gasteiger partial charge in [0.1, 0.15) is 0 Å². The Morgan fingerprint density at radius 2 is 2.17 bits per heavy atom. The standard InChI is InChI=1S/C6H12NO4S/c1-3-7-4-6(5-8)11-12(2,9)10/h6-7H,3-4H2,1-2H3. The Kier molecular flexibility index (Phi) is 5.03. The van der Waals surface area contributed by atoms with Gasteiger partial charge in [-0.1, -0.05) is 6.92 Å². The summed E-state index contributed by atoms with van der Waals surface area (Å²) < 4.78 is 25.4. The van der Waals surface area contributed by atoms with Crippen molar-refractivity contribution in [2.45, 2.75) is 13.0 Å². The van der Waals surface area contributed by atoms with Gasteiger partial charge in [0.05, 0.1) is 6.26 Å². The molecule has 0 fully saturated rings. The van der Waals surface area contributed by atoms with Crippen LogP contribution in [0, 0.1) is 0 Å². The molecule has 0 amide bonds. The van der Waals surface area contributed by atoms with E-state index in [2.05, 4.69) is 9.50 Å². The van der Waals surface area contributed by atoms with Crippen LogP contribution in [0.25, 0.3) is 0 Å². The third kappa shape index (κ3) is 6.26. The average Bonchev–Trinajstić information content (AvgIpc) is 1.95. The van der Waals surface area contributed by atoms with Crippen molar-refractivity contribution in [3.05, 3.63) is 0 Å². The summed E-state index contributed by atoms with van der Waals surface area (Å²) in [6.07, 6.45) is 1.33. The monoisotopic (exact) mass is 194 g/mol. The number of hydrogen-bond acceptors (Lipinski definition) is 5. The van der Waals surface area contributed by atoms with Crippen molar-refractivity contribution in [2.24, 2.45) is 0 Å². The molecule has 0 aromatic rings. The first-order chi connectivity index (χ1) is 5.49. The number of hydrogen-bond donors (Lipinski definition) is 1. The van der Waals surface area contributed by atoms with Gasteiger partial charge in [-0.05, 0) is 6.54 Å². The van der Waals surface area contributed by atoms with Gasteiger partial charge in [0.2, 0.25) is 6.29 Å². The second kappa shape index (κ2) is 5.23. The van der Waals surface area contributed by atoms with Crippen LogP contribution in [0.4, 0.5) is 0 Å². The number of carbonyl (C=O) groups excluding carboxylic acids is 1. The maximum atomic E-state index is 10.5. The van der Waals surface area contributed by atoms with Crippen LogP contribution in [0.3, 0.4) is 0 Å². The molecule has 1 unspecified atom stereocenters. The van der Waals surface area contributed by atoms with Crippen LogP contribution in [-0.2, 0) is 19.1 Å². The number of rotatable bonds is 6. The van der Waals surface area contributed by atoms with Gasteiger partial charge < -0.3 is 5.32 Å². The van der Waals surface area contributed by atoms with Gasteiger partial charge in [-0.25, -0.2) is 0 Å². The first-order valence-electron chi connectivity index (χ1n) is 3.46. The summed E-state index contributed by atoms with van der Waals surface area (Å²) in [6.45, 7) is 2.64. The smallest absolute Gasteiger partial charge is 0.265 e. The maximum Gasteiger partial charge on any atom is 0.265 e. The van der Waals surface area contributed by atoms with Crippen molar-refractivity contribution >= 4 is 16.4 Å². The molecule has 0 aliphatic heterocycles. The largest absolute Gasteiger partial charge is 0.314 e. The first-order valence-corrected chi connectivity index (χ1v) is 5.28. The Morgan fingerprint density at radius 1 is 1.58 bits per heavy atom. The van der Waals surface area contributed by atoms with Crippen LogP contribution in [-0.4, -0.2) is 40.2 Å². The quantitative estimate of drug-likeness (QED) is 0.552. The molecule has 12 heavy (non-hydrogen) atoms. The Labute approximate surface area is 72.2 Å². The summed E-state index contributed by atoms with van der Waals surface area (Å²) in [5.41, 5.74) is 0. The highest BCUT2D eigenvalue weighted by molar-refractivity contribution is 7.86. The van der Waals surface area contributed by atoms with Crippen molar-refractivity contribution in [1.82, 2.24) is 5.32 Å². The molecule has 0 spiro atoms. The molecule has 5 nitrogen and oxygen atoms in total. The lowest BCUT2D eigenvalue weighted by Gasteiger charge is -2.08. The van der Waals surface area contributed by atoms with Crippen LogP contribution in [0.2, 0.25) is 0 Å². The van der Waals surface area contributed by atoms with Crippen molar-refractivity contribution < 1.29 is 17.4 Å². The molecule has 1 N–H and O–H groups in total. The summed E-state index contributed by atoms with van der Waals surface area (Å²) in [5, 5.41) is 2.77. The van der Waals surface area contributed by atoms with Gasteiger partial charge in [0.25, 0.3) is 10.1 Å². The Hall–Kier alpha value is -0.460. The maximum absolute atomic E-state index is 10.5. The summed E-state index contributed by atoms with van der Waals surface area (Å²) in [6, 6.07) is 0. The van der Waals surface area contributed by atoms with Gasteiger partial charge in [0.15, 0.2) is 6.10 Å². The molecule has 0 aromatic heterocycles. The highest BCUT2D eigenvalue weighted by Gasteiger charge is 2.14. The minimum Gasteiger partial charge on any atom is -0.314 e. The number of nitrogens with one attached hydrogen (secondary N) is 1. The molecule has 1 atom stereocenters.